The fraction of sp³-hybridized carbons (Fsp3) is 0.308. The molecule has 0 spiro atoms. The van der Waals surface area contributed by atoms with Crippen LogP contribution >= 0.6 is 0 Å². The molecule has 30 heavy (non-hydrogen) atoms. The zero-order valence-corrected chi connectivity index (χ0v) is 17.0. The van der Waals surface area contributed by atoms with E-state index in [1.54, 1.807) is 24.3 Å². The quantitative estimate of drug-likeness (QED) is 0.477. The maximum atomic E-state index is 13.4. The highest BCUT2D eigenvalue weighted by Crippen LogP contribution is 2.29. The Balaban J connectivity index is 1.36. The molecule has 0 N–H and O–H groups in total. The van der Waals surface area contributed by atoms with Crippen molar-refractivity contribution in [3.63, 3.8) is 0 Å². The van der Waals surface area contributed by atoms with Crippen LogP contribution in [0.5, 0.6) is 0 Å². The largest absolute Gasteiger partial charge is 0.368 e. The van der Waals surface area contributed by atoms with Crippen molar-refractivity contribution in [2.45, 2.75) is 25.5 Å². The van der Waals surface area contributed by atoms with Crippen molar-refractivity contribution in [2.75, 3.05) is 19.7 Å². The van der Waals surface area contributed by atoms with Gasteiger partial charge in [0.15, 0.2) is 0 Å². The van der Waals surface area contributed by atoms with Crippen LogP contribution in [0.25, 0.3) is 0 Å². The summed E-state index contributed by atoms with van der Waals surface area (Å²) in [6, 6.07) is 23.3. The Morgan fingerprint density at radius 2 is 1.30 bits per heavy atom. The monoisotopic (exact) mass is 407 g/mol. The lowest BCUT2D eigenvalue weighted by molar-refractivity contribution is 0.0299. The Labute approximate surface area is 177 Å². The minimum atomic E-state index is -0.325. The molecule has 1 aliphatic rings. The van der Waals surface area contributed by atoms with Gasteiger partial charge in [-0.1, -0.05) is 54.6 Å². The van der Waals surface area contributed by atoms with Crippen LogP contribution < -0.4 is 0 Å². The third-order valence-electron chi connectivity index (χ3n) is 5.80. The molecule has 0 atom stereocenters. The van der Waals surface area contributed by atoms with Gasteiger partial charge in [0.2, 0.25) is 0 Å². The first-order valence-corrected chi connectivity index (χ1v) is 10.6. The molecular weight excluding hydrogens is 380 g/mol. The molecule has 0 radical (unpaired) electrons. The lowest BCUT2D eigenvalue weighted by Gasteiger charge is -2.32. The van der Waals surface area contributed by atoms with E-state index in [2.05, 4.69) is 29.2 Å². The first-order valence-electron chi connectivity index (χ1n) is 10.6. The maximum absolute atomic E-state index is 13.4. The lowest BCUT2D eigenvalue weighted by Crippen LogP contribution is -2.34. The van der Waals surface area contributed by atoms with Crippen LogP contribution in [-0.4, -0.2) is 24.6 Å². The van der Waals surface area contributed by atoms with E-state index < -0.39 is 0 Å². The SMILES string of the molecule is Fc1ccc(C(OCC2CCN(Cc3ccccc3)CC2)c2ccc(F)cc2)cc1. The van der Waals surface area contributed by atoms with Crippen LogP contribution in [0.15, 0.2) is 78.9 Å². The predicted octanol–water partition coefficient (Wildman–Crippen LogP) is 5.98. The Morgan fingerprint density at radius 1 is 0.767 bits per heavy atom. The number of likely N-dealkylation sites (tertiary alicyclic amines) is 1. The second kappa shape index (κ2) is 9.96. The summed E-state index contributed by atoms with van der Waals surface area (Å²) in [6.07, 6.45) is 1.85. The summed E-state index contributed by atoms with van der Waals surface area (Å²) in [5, 5.41) is 0. The molecule has 0 bridgehead atoms. The summed E-state index contributed by atoms with van der Waals surface area (Å²) < 4.78 is 33.1. The third kappa shape index (κ3) is 5.53. The molecular formula is C26H27F2NO. The van der Waals surface area contributed by atoms with Crippen LogP contribution in [0.2, 0.25) is 0 Å². The van der Waals surface area contributed by atoms with Crippen LogP contribution in [0.4, 0.5) is 8.78 Å². The number of hydrogen-bond acceptors (Lipinski definition) is 2. The molecule has 0 amide bonds. The van der Waals surface area contributed by atoms with Gasteiger partial charge in [0.05, 0.1) is 6.61 Å². The summed E-state index contributed by atoms with van der Waals surface area (Å²) >= 11 is 0. The van der Waals surface area contributed by atoms with Crippen LogP contribution in [0, 0.1) is 17.6 Å². The molecule has 3 aromatic rings. The van der Waals surface area contributed by atoms with Gasteiger partial charge in [0.25, 0.3) is 0 Å². The summed E-state index contributed by atoms with van der Waals surface area (Å²) in [5.74, 6) is -0.0646. The van der Waals surface area contributed by atoms with Crippen molar-refractivity contribution in [2.24, 2.45) is 5.92 Å². The first-order chi connectivity index (χ1) is 14.7. The highest BCUT2D eigenvalue weighted by atomic mass is 19.1. The molecule has 0 aromatic heterocycles. The predicted molar refractivity (Wildman–Crippen MR) is 115 cm³/mol. The van der Waals surface area contributed by atoms with E-state index in [-0.39, 0.29) is 17.7 Å². The Hall–Kier alpha value is -2.56. The molecule has 0 unspecified atom stereocenters. The van der Waals surface area contributed by atoms with Gasteiger partial charge in [0.1, 0.15) is 17.7 Å². The Morgan fingerprint density at radius 3 is 1.83 bits per heavy atom. The number of rotatable bonds is 7. The molecule has 4 rings (SSSR count). The molecule has 1 aliphatic heterocycles. The zero-order valence-electron chi connectivity index (χ0n) is 17.0. The third-order valence-corrected chi connectivity index (χ3v) is 5.80. The number of halogens is 2. The summed E-state index contributed by atoms with van der Waals surface area (Å²) in [7, 11) is 0. The molecule has 2 nitrogen and oxygen atoms in total. The molecule has 0 aliphatic carbocycles. The highest BCUT2D eigenvalue weighted by Gasteiger charge is 2.22. The van der Waals surface area contributed by atoms with Crippen molar-refractivity contribution >= 4 is 0 Å². The second-order valence-corrected chi connectivity index (χ2v) is 8.02. The van der Waals surface area contributed by atoms with E-state index in [0.717, 1.165) is 43.6 Å². The fourth-order valence-electron chi connectivity index (χ4n) is 4.05. The van der Waals surface area contributed by atoms with Gasteiger partial charge < -0.3 is 4.74 Å². The number of ether oxygens (including phenoxy) is 1. The van der Waals surface area contributed by atoms with E-state index in [0.29, 0.717) is 12.5 Å². The summed E-state index contributed by atoms with van der Waals surface area (Å²) in [5.41, 5.74) is 3.11. The number of hydrogen-bond donors (Lipinski definition) is 0. The zero-order chi connectivity index (χ0) is 20.8. The summed E-state index contributed by atoms with van der Waals surface area (Å²) in [6.45, 7) is 3.74. The molecule has 156 valence electrons. The lowest BCUT2D eigenvalue weighted by atomic mass is 9.96. The van der Waals surface area contributed by atoms with Crippen molar-refractivity contribution in [1.82, 2.24) is 4.90 Å². The molecule has 1 saturated heterocycles. The standard InChI is InChI=1S/C26H27F2NO/c27-24-10-6-22(7-11-24)26(23-8-12-25(28)13-9-23)30-19-21-14-16-29(17-15-21)18-20-4-2-1-3-5-20/h1-13,21,26H,14-19H2. The van der Waals surface area contributed by atoms with E-state index in [1.807, 2.05) is 6.07 Å². The van der Waals surface area contributed by atoms with Gasteiger partial charge in [-0.05, 0) is 72.8 Å². The average Bonchev–Trinajstić information content (AvgIpc) is 2.78. The highest BCUT2D eigenvalue weighted by molar-refractivity contribution is 5.30. The fourth-order valence-corrected chi connectivity index (χ4v) is 4.05. The van der Waals surface area contributed by atoms with Gasteiger partial charge in [0, 0.05) is 6.54 Å². The van der Waals surface area contributed by atoms with Crippen LogP contribution in [0.3, 0.4) is 0 Å². The molecule has 4 heteroatoms. The van der Waals surface area contributed by atoms with Crippen molar-refractivity contribution in [3.05, 3.63) is 107 Å². The van der Waals surface area contributed by atoms with Gasteiger partial charge >= 0.3 is 0 Å². The van der Waals surface area contributed by atoms with Gasteiger partial charge in [-0.3, -0.25) is 4.90 Å². The summed E-state index contributed by atoms with van der Waals surface area (Å²) in [4.78, 5) is 2.49. The average molecular weight is 408 g/mol. The maximum Gasteiger partial charge on any atom is 0.123 e. The van der Waals surface area contributed by atoms with Crippen molar-refractivity contribution in [1.29, 1.82) is 0 Å². The first kappa shape index (κ1) is 20.7. The van der Waals surface area contributed by atoms with Gasteiger partial charge in [-0.2, -0.15) is 0 Å². The number of nitrogens with zero attached hydrogens (tertiary/aromatic N) is 1. The van der Waals surface area contributed by atoms with E-state index in [1.165, 1.54) is 29.8 Å². The van der Waals surface area contributed by atoms with E-state index in [4.69, 9.17) is 4.74 Å². The number of benzene rings is 3. The van der Waals surface area contributed by atoms with Crippen molar-refractivity contribution in [3.8, 4) is 0 Å². The molecule has 1 fully saturated rings. The Kier molecular flexibility index (Phi) is 6.88. The van der Waals surface area contributed by atoms with Crippen molar-refractivity contribution < 1.29 is 13.5 Å². The van der Waals surface area contributed by atoms with Gasteiger partial charge in [-0.15, -0.1) is 0 Å². The van der Waals surface area contributed by atoms with E-state index in [9.17, 15) is 8.78 Å². The minimum Gasteiger partial charge on any atom is -0.368 e. The van der Waals surface area contributed by atoms with Gasteiger partial charge in [-0.25, -0.2) is 8.78 Å². The second-order valence-electron chi connectivity index (χ2n) is 8.02. The van der Waals surface area contributed by atoms with E-state index >= 15 is 0 Å². The molecule has 0 saturated carbocycles. The van der Waals surface area contributed by atoms with Crippen LogP contribution in [-0.2, 0) is 11.3 Å². The topological polar surface area (TPSA) is 12.5 Å². The molecule has 1 heterocycles. The molecule has 3 aromatic carbocycles. The number of piperidine rings is 1. The smallest absolute Gasteiger partial charge is 0.123 e. The van der Waals surface area contributed by atoms with Crippen LogP contribution in [0.1, 0.15) is 35.6 Å². The normalized spacial score (nSPS) is 15.6. The Bertz CT molecular complexity index is 859. The minimum absolute atomic E-state index is 0.276.